The molecule has 2 heterocycles. The number of aromatic nitrogens is 1. The van der Waals surface area contributed by atoms with Crippen molar-refractivity contribution in [2.45, 2.75) is 4.90 Å². The number of nitrogens with one attached hydrogen (secondary N) is 1. The van der Waals surface area contributed by atoms with Gasteiger partial charge in [-0.15, -0.1) is 11.3 Å². The summed E-state index contributed by atoms with van der Waals surface area (Å²) in [6.45, 7) is 2.26. The van der Waals surface area contributed by atoms with Crippen LogP contribution in [0, 0.1) is 0 Å². The van der Waals surface area contributed by atoms with Crippen molar-refractivity contribution in [3.63, 3.8) is 0 Å². The molecule has 0 unspecified atom stereocenters. The summed E-state index contributed by atoms with van der Waals surface area (Å²) in [5.74, 6) is -0.389. The van der Waals surface area contributed by atoms with E-state index in [0.29, 0.717) is 31.3 Å². The van der Waals surface area contributed by atoms with Gasteiger partial charge in [-0.3, -0.25) is 10.1 Å². The molecule has 1 aliphatic heterocycles. The fourth-order valence-corrected chi connectivity index (χ4v) is 5.40. The van der Waals surface area contributed by atoms with E-state index in [0.717, 1.165) is 11.3 Å². The zero-order chi connectivity index (χ0) is 21.1. The minimum absolute atomic E-state index is 0.129. The molecule has 1 aromatic heterocycles. The van der Waals surface area contributed by atoms with Crippen LogP contribution in [0.4, 0.5) is 5.13 Å². The number of carbonyl (C=O) groups is 1. The van der Waals surface area contributed by atoms with Gasteiger partial charge >= 0.3 is 0 Å². The van der Waals surface area contributed by atoms with Gasteiger partial charge in [-0.05, 0) is 25.2 Å². The number of amides is 1. The van der Waals surface area contributed by atoms with E-state index < -0.39 is 10.0 Å². The molecule has 156 valence electrons. The minimum Gasteiger partial charge on any atom is -0.304 e. The molecule has 30 heavy (non-hydrogen) atoms. The van der Waals surface area contributed by atoms with Crippen LogP contribution >= 0.6 is 11.3 Å². The summed E-state index contributed by atoms with van der Waals surface area (Å²) in [5.41, 5.74) is 2.03. The van der Waals surface area contributed by atoms with Crippen molar-refractivity contribution in [1.29, 1.82) is 0 Å². The lowest BCUT2D eigenvalue weighted by atomic mass is 10.2. The van der Waals surface area contributed by atoms with E-state index in [1.165, 1.54) is 27.8 Å². The number of sulfonamides is 1. The number of hydrogen-bond acceptors (Lipinski definition) is 6. The Balaban J connectivity index is 1.50. The summed E-state index contributed by atoms with van der Waals surface area (Å²) in [7, 11) is -1.66. The maximum atomic E-state index is 13.0. The summed E-state index contributed by atoms with van der Waals surface area (Å²) in [6.07, 6.45) is 0. The SMILES string of the molecule is CN1CCN(S(=O)(=O)c2cccc(C(=O)Nc3nc(-c4ccccc4)cs3)c2)CC1. The molecule has 1 fully saturated rings. The van der Waals surface area contributed by atoms with Crippen LogP contribution in [0.3, 0.4) is 0 Å². The largest absolute Gasteiger partial charge is 0.304 e. The van der Waals surface area contributed by atoms with E-state index in [9.17, 15) is 13.2 Å². The van der Waals surface area contributed by atoms with E-state index in [-0.39, 0.29) is 16.4 Å². The topological polar surface area (TPSA) is 82.6 Å². The molecule has 7 nitrogen and oxygen atoms in total. The third kappa shape index (κ3) is 4.44. The Morgan fingerprint density at radius 2 is 1.77 bits per heavy atom. The number of rotatable bonds is 5. The lowest BCUT2D eigenvalue weighted by Gasteiger charge is -2.31. The van der Waals surface area contributed by atoms with Crippen LogP contribution in [-0.2, 0) is 10.0 Å². The Kier molecular flexibility index (Phi) is 5.96. The van der Waals surface area contributed by atoms with Gasteiger partial charge in [0.05, 0.1) is 10.6 Å². The maximum absolute atomic E-state index is 13.0. The van der Waals surface area contributed by atoms with Gasteiger partial charge in [0.15, 0.2) is 5.13 Å². The van der Waals surface area contributed by atoms with Crippen molar-refractivity contribution in [2.24, 2.45) is 0 Å². The van der Waals surface area contributed by atoms with Crippen molar-refractivity contribution >= 4 is 32.4 Å². The van der Waals surface area contributed by atoms with Crippen LogP contribution in [0.1, 0.15) is 10.4 Å². The highest BCUT2D eigenvalue weighted by atomic mass is 32.2. The Hall–Kier alpha value is -2.59. The number of carbonyl (C=O) groups excluding carboxylic acids is 1. The molecule has 1 N–H and O–H groups in total. The van der Waals surface area contributed by atoms with Gasteiger partial charge in [-0.25, -0.2) is 13.4 Å². The summed E-state index contributed by atoms with van der Waals surface area (Å²) in [6, 6.07) is 15.8. The quantitative estimate of drug-likeness (QED) is 0.657. The average Bonchev–Trinajstić information content (AvgIpc) is 3.23. The molecule has 3 aromatic rings. The number of benzene rings is 2. The van der Waals surface area contributed by atoms with E-state index in [1.807, 2.05) is 42.8 Å². The molecule has 0 spiro atoms. The molecule has 9 heteroatoms. The Bertz CT molecular complexity index is 1140. The Morgan fingerprint density at radius 3 is 2.50 bits per heavy atom. The van der Waals surface area contributed by atoms with Gasteiger partial charge in [-0.2, -0.15) is 4.31 Å². The van der Waals surface area contributed by atoms with E-state index >= 15 is 0 Å². The van der Waals surface area contributed by atoms with Gasteiger partial charge in [0.2, 0.25) is 10.0 Å². The first-order valence-electron chi connectivity index (χ1n) is 9.54. The van der Waals surface area contributed by atoms with Crippen LogP contribution in [0.25, 0.3) is 11.3 Å². The average molecular weight is 443 g/mol. The third-order valence-electron chi connectivity index (χ3n) is 4.99. The molecule has 1 saturated heterocycles. The fraction of sp³-hybridized carbons (Fsp3) is 0.238. The summed E-state index contributed by atoms with van der Waals surface area (Å²) in [4.78, 5) is 19.4. The number of nitrogens with zero attached hydrogens (tertiary/aromatic N) is 3. The summed E-state index contributed by atoms with van der Waals surface area (Å²) < 4.78 is 27.4. The van der Waals surface area contributed by atoms with Crippen molar-refractivity contribution in [1.82, 2.24) is 14.2 Å². The maximum Gasteiger partial charge on any atom is 0.257 e. The molecule has 1 aliphatic rings. The Morgan fingerprint density at radius 1 is 1.03 bits per heavy atom. The van der Waals surface area contributed by atoms with Gasteiger partial charge in [0.25, 0.3) is 5.91 Å². The first-order valence-corrected chi connectivity index (χ1v) is 11.9. The number of piperazine rings is 1. The molecule has 0 aliphatic carbocycles. The first kappa shape index (κ1) is 20.7. The molecule has 0 saturated carbocycles. The third-order valence-corrected chi connectivity index (χ3v) is 7.64. The molecule has 0 radical (unpaired) electrons. The highest BCUT2D eigenvalue weighted by Crippen LogP contribution is 2.25. The predicted molar refractivity (Wildman–Crippen MR) is 118 cm³/mol. The van der Waals surface area contributed by atoms with E-state index in [1.54, 1.807) is 12.1 Å². The molecule has 0 bridgehead atoms. The zero-order valence-electron chi connectivity index (χ0n) is 16.5. The minimum atomic E-state index is -3.63. The number of likely N-dealkylation sites (N-methyl/N-ethyl adjacent to an activating group) is 1. The van der Waals surface area contributed by atoms with Crippen LogP contribution in [0.2, 0.25) is 0 Å². The second-order valence-electron chi connectivity index (χ2n) is 7.09. The van der Waals surface area contributed by atoms with Crippen molar-refractivity contribution in [3.05, 3.63) is 65.5 Å². The normalized spacial score (nSPS) is 15.8. The van der Waals surface area contributed by atoms with Crippen LogP contribution in [0.5, 0.6) is 0 Å². The first-order chi connectivity index (χ1) is 14.4. The van der Waals surface area contributed by atoms with Gasteiger partial charge in [0, 0.05) is 42.7 Å². The lowest BCUT2D eigenvalue weighted by Crippen LogP contribution is -2.47. The monoisotopic (exact) mass is 442 g/mol. The molecule has 0 atom stereocenters. The highest BCUT2D eigenvalue weighted by Gasteiger charge is 2.28. The standard InChI is InChI=1S/C21H22N4O3S2/c1-24-10-12-25(13-11-24)30(27,28)18-9-5-8-17(14-18)20(26)23-21-22-19(15-29-21)16-6-3-2-4-7-16/h2-9,14-15H,10-13H2,1H3,(H,22,23,26). The lowest BCUT2D eigenvalue weighted by molar-refractivity contribution is 0.102. The van der Waals surface area contributed by atoms with Crippen LogP contribution < -0.4 is 5.32 Å². The van der Waals surface area contributed by atoms with Gasteiger partial charge < -0.3 is 4.90 Å². The van der Waals surface area contributed by atoms with Crippen molar-refractivity contribution in [2.75, 3.05) is 38.5 Å². The second kappa shape index (κ2) is 8.65. The molecule has 2 aromatic carbocycles. The highest BCUT2D eigenvalue weighted by molar-refractivity contribution is 7.89. The number of anilines is 1. The number of hydrogen-bond donors (Lipinski definition) is 1. The van der Waals surface area contributed by atoms with Crippen LogP contribution in [0.15, 0.2) is 64.9 Å². The smallest absolute Gasteiger partial charge is 0.257 e. The second-order valence-corrected chi connectivity index (χ2v) is 9.89. The zero-order valence-corrected chi connectivity index (χ0v) is 18.1. The summed E-state index contributed by atoms with van der Waals surface area (Å²) in [5, 5.41) is 5.10. The van der Waals surface area contributed by atoms with Crippen molar-refractivity contribution in [3.8, 4) is 11.3 Å². The molecule has 1 amide bonds. The Labute approximate surface area is 180 Å². The molecule has 4 rings (SSSR count). The van der Waals surface area contributed by atoms with Crippen LogP contribution in [-0.4, -0.2) is 61.7 Å². The number of thiazole rings is 1. The molecular formula is C21H22N4O3S2. The molecular weight excluding hydrogens is 420 g/mol. The predicted octanol–water partition coefficient (Wildman–Crippen LogP) is 3.00. The van der Waals surface area contributed by atoms with E-state index in [2.05, 4.69) is 15.2 Å². The van der Waals surface area contributed by atoms with Gasteiger partial charge in [-0.1, -0.05) is 36.4 Å². The van der Waals surface area contributed by atoms with Gasteiger partial charge in [0.1, 0.15) is 0 Å². The summed E-state index contributed by atoms with van der Waals surface area (Å²) >= 11 is 1.33. The fourth-order valence-electron chi connectivity index (χ4n) is 3.22. The van der Waals surface area contributed by atoms with E-state index in [4.69, 9.17) is 0 Å². The van der Waals surface area contributed by atoms with Crippen molar-refractivity contribution < 1.29 is 13.2 Å².